The second-order valence-electron chi connectivity index (χ2n) is 6.54. The van der Waals surface area contributed by atoms with E-state index in [1.54, 1.807) is 7.11 Å². The van der Waals surface area contributed by atoms with Crippen LogP contribution in [0.25, 0.3) is 0 Å². The number of hydrogen-bond acceptors (Lipinski definition) is 2. The Morgan fingerprint density at radius 1 is 1.30 bits per heavy atom. The number of alkyl halides is 1. The highest BCUT2D eigenvalue weighted by molar-refractivity contribution is 6.21. The van der Waals surface area contributed by atoms with Crippen LogP contribution in [-0.2, 0) is 16.6 Å². The van der Waals surface area contributed by atoms with Crippen LogP contribution in [0.4, 0.5) is 0 Å². The molecule has 1 saturated carbocycles. The first-order chi connectivity index (χ1) is 9.36. The third-order valence-corrected chi connectivity index (χ3v) is 4.42. The number of methoxy groups -OCH3 is 1. The van der Waals surface area contributed by atoms with Crippen LogP contribution >= 0.6 is 11.6 Å². The van der Waals surface area contributed by atoms with Crippen LogP contribution in [0.2, 0.25) is 0 Å². The van der Waals surface area contributed by atoms with Gasteiger partial charge in [-0.25, -0.2) is 0 Å². The number of halogens is 1. The maximum Gasteiger partial charge on any atom is 0.128 e. The summed E-state index contributed by atoms with van der Waals surface area (Å²) in [4.78, 5) is 0. The SMILES string of the molecule is CCc1ccc(OC2CC(Cl)C2OC)c(C(C)(C)C)c1. The Bertz CT molecular complexity index is 465. The molecule has 0 amide bonds. The van der Waals surface area contributed by atoms with Gasteiger partial charge in [0.2, 0.25) is 0 Å². The molecule has 1 aliphatic carbocycles. The summed E-state index contributed by atoms with van der Waals surface area (Å²) in [5.41, 5.74) is 2.66. The summed E-state index contributed by atoms with van der Waals surface area (Å²) in [5.74, 6) is 0.963. The van der Waals surface area contributed by atoms with Crippen molar-refractivity contribution in [1.82, 2.24) is 0 Å². The molecule has 20 heavy (non-hydrogen) atoms. The lowest BCUT2D eigenvalue weighted by Gasteiger charge is -2.40. The Balaban J connectivity index is 2.23. The fourth-order valence-electron chi connectivity index (χ4n) is 2.59. The summed E-state index contributed by atoms with van der Waals surface area (Å²) in [6.45, 7) is 8.82. The van der Waals surface area contributed by atoms with E-state index in [0.29, 0.717) is 0 Å². The fraction of sp³-hybridized carbons (Fsp3) is 0.647. The number of hydrogen-bond donors (Lipinski definition) is 0. The molecule has 0 bridgehead atoms. The summed E-state index contributed by atoms with van der Waals surface area (Å²) in [6, 6.07) is 6.49. The van der Waals surface area contributed by atoms with Gasteiger partial charge in [-0.1, -0.05) is 39.8 Å². The minimum Gasteiger partial charge on any atom is -0.487 e. The standard InChI is InChI=1S/C17H25ClO2/c1-6-11-7-8-14(12(9-11)17(2,3)4)20-15-10-13(18)16(15)19-5/h7-9,13,15-16H,6,10H2,1-5H3. The van der Waals surface area contributed by atoms with Crippen molar-refractivity contribution < 1.29 is 9.47 Å². The van der Waals surface area contributed by atoms with E-state index < -0.39 is 0 Å². The molecule has 0 aliphatic heterocycles. The van der Waals surface area contributed by atoms with Crippen LogP contribution in [0.1, 0.15) is 45.2 Å². The fourth-order valence-corrected chi connectivity index (χ4v) is 3.03. The summed E-state index contributed by atoms with van der Waals surface area (Å²) in [5, 5.41) is 0.0676. The Kier molecular flexibility index (Phi) is 4.66. The zero-order valence-corrected chi connectivity index (χ0v) is 13.8. The molecule has 2 nitrogen and oxygen atoms in total. The molecule has 0 radical (unpaired) electrons. The highest BCUT2D eigenvalue weighted by atomic mass is 35.5. The van der Waals surface area contributed by atoms with Gasteiger partial charge in [-0.3, -0.25) is 0 Å². The first-order valence-electron chi connectivity index (χ1n) is 7.33. The highest BCUT2D eigenvalue weighted by Crippen LogP contribution is 2.37. The number of rotatable bonds is 4. The van der Waals surface area contributed by atoms with Gasteiger partial charge in [-0.05, 0) is 29.0 Å². The van der Waals surface area contributed by atoms with E-state index in [4.69, 9.17) is 21.1 Å². The lowest BCUT2D eigenvalue weighted by Crippen LogP contribution is -2.52. The lowest BCUT2D eigenvalue weighted by molar-refractivity contribution is -0.0589. The summed E-state index contributed by atoms with van der Waals surface area (Å²) >= 11 is 6.15. The maximum atomic E-state index is 6.17. The molecule has 3 atom stereocenters. The maximum absolute atomic E-state index is 6.17. The molecule has 112 valence electrons. The predicted octanol–water partition coefficient (Wildman–Crippen LogP) is 4.32. The Hall–Kier alpha value is -0.730. The first kappa shape index (κ1) is 15.7. The molecule has 3 unspecified atom stereocenters. The van der Waals surface area contributed by atoms with Crippen molar-refractivity contribution in [2.45, 2.75) is 63.5 Å². The van der Waals surface area contributed by atoms with Gasteiger partial charge in [-0.15, -0.1) is 11.6 Å². The van der Waals surface area contributed by atoms with Gasteiger partial charge in [0, 0.05) is 13.5 Å². The first-order valence-corrected chi connectivity index (χ1v) is 7.77. The van der Waals surface area contributed by atoms with Crippen molar-refractivity contribution in [2.75, 3.05) is 7.11 Å². The van der Waals surface area contributed by atoms with E-state index in [9.17, 15) is 0 Å². The molecule has 0 heterocycles. The molecule has 1 aromatic carbocycles. The van der Waals surface area contributed by atoms with Crippen LogP contribution in [0, 0.1) is 0 Å². The zero-order chi connectivity index (χ0) is 14.9. The molecule has 1 aliphatic rings. The lowest BCUT2D eigenvalue weighted by atomic mass is 9.84. The molecule has 3 heteroatoms. The minimum absolute atomic E-state index is 0.00432. The number of ether oxygens (including phenoxy) is 2. The monoisotopic (exact) mass is 296 g/mol. The van der Waals surface area contributed by atoms with Gasteiger partial charge < -0.3 is 9.47 Å². The van der Waals surface area contributed by atoms with Crippen molar-refractivity contribution in [2.24, 2.45) is 0 Å². The second kappa shape index (κ2) is 5.95. The van der Waals surface area contributed by atoms with E-state index in [1.165, 1.54) is 11.1 Å². The highest BCUT2D eigenvalue weighted by Gasteiger charge is 2.42. The molecule has 0 spiro atoms. The van der Waals surface area contributed by atoms with Crippen molar-refractivity contribution >= 4 is 11.6 Å². The van der Waals surface area contributed by atoms with Gasteiger partial charge >= 0.3 is 0 Å². The number of aryl methyl sites for hydroxylation is 1. The van der Waals surface area contributed by atoms with Crippen LogP contribution in [0.5, 0.6) is 5.75 Å². The molecule has 1 fully saturated rings. The van der Waals surface area contributed by atoms with Gasteiger partial charge in [0.25, 0.3) is 0 Å². The quantitative estimate of drug-likeness (QED) is 0.770. The van der Waals surface area contributed by atoms with Crippen LogP contribution < -0.4 is 4.74 Å². The topological polar surface area (TPSA) is 18.5 Å². The van der Waals surface area contributed by atoms with Gasteiger partial charge in [0.15, 0.2) is 0 Å². The third-order valence-electron chi connectivity index (χ3n) is 3.99. The average Bonchev–Trinajstić information content (AvgIpc) is 2.37. The molecule has 0 N–H and O–H groups in total. The Labute approximate surface area is 127 Å². The van der Waals surface area contributed by atoms with Gasteiger partial charge in [0.05, 0.1) is 5.38 Å². The van der Waals surface area contributed by atoms with Crippen molar-refractivity contribution in [1.29, 1.82) is 0 Å². The van der Waals surface area contributed by atoms with Crippen LogP contribution in [0.15, 0.2) is 18.2 Å². The van der Waals surface area contributed by atoms with Crippen LogP contribution in [-0.4, -0.2) is 24.7 Å². The average molecular weight is 297 g/mol. The van der Waals surface area contributed by atoms with E-state index in [-0.39, 0.29) is 23.0 Å². The van der Waals surface area contributed by atoms with Gasteiger partial charge in [0.1, 0.15) is 18.0 Å². The largest absolute Gasteiger partial charge is 0.487 e. The molecule has 0 saturated heterocycles. The molecular weight excluding hydrogens is 272 g/mol. The molecule has 2 rings (SSSR count). The zero-order valence-electron chi connectivity index (χ0n) is 13.1. The third kappa shape index (κ3) is 3.12. The van der Waals surface area contributed by atoms with E-state index >= 15 is 0 Å². The normalized spacial score (nSPS) is 26.2. The molecular formula is C17H25ClO2. The Morgan fingerprint density at radius 3 is 2.50 bits per heavy atom. The summed E-state index contributed by atoms with van der Waals surface area (Å²) < 4.78 is 11.6. The van der Waals surface area contributed by atoms with E-state index in [2.05, 4.69) is 45.9 Å². The second-order valence-corrected chi connectivity index (χ2v) is 7.10. The molecule has 1 aromatic rings. The van der Waals surface area contributed by atoms with E-state index in [1.807, 2.05) is 0 Å². The van der Waals surface area contributed by atoms with Crippen molar-refractivity contribution in [3.8, 4) is 5.75 Å². The van der Waals surface area contributed by atoms with Gasteiger partial charge in [-0.2, -0.15) is 0 Å². The smallest absolute Gasteiger partial charge is 0.128 e. The summed E-state index contributed by atoms with van der Waals surface area (Å²) in [7, 11) is 1.69. The van der Waals surface area contributed by atoms with Crippen molar-refractivity contribution in [3.63, 3.8) is 0 Å². The van der Waals surface area contributed by atoms with Crippen molar-refractivity contribution in [3.05, 3.63) is 29.3 Å². The Morgan fingerprint density at radius 2 is 2.00 bits per heavy atom. The predicted molar refractivity (Wildman–Crippen MR) is 84.0 cm³/mol. The molecule has 0 aromatic heterocycles. The van der Waals surface area contributed by atoms with E-state index in [0.717, 1.165) is 18.6 Å². The summed E-state index contributed by atoms with van der Waals surface area (Å²) in [6.07, 6.45) is 1.95. The van der Waals surface area contributed by atoms with Crippen LogP contribution in [0.3, 0.4) is 0 Å². The minimum atomic E-state index is -0.00432. The number of benzene rings is 1.